The van der Waals surface area contributed by atoms with Crippen LogP contribution in [0.5, 0.6) is 0 Å². The van der Waals surface area contributed by atoms with Crippen molar-refractivity contribution >= 4 is 0 Å². The van der Waals surface area contributed by atoms with Gasteiger partial charge in [0.05, 0.1) is 12.2 Å². The van der Waals surface area contributed by atoms with Crippen molar-refractivity contribution in [2.24, 2.45) is 17.8 Å². The lowest BCUT2D eigenvalue weighted by molar-refractivity contribution is -0.0491. The molecule has 3 fully saturated rings. The van der Waals surface area contributed by atoms with Crippen molar-refractivity contribution < 1.29 is 4.74 Å². The van der Waals surface area contributed by atoms with E-state index in [1.54, 1.807) is 0 Å². The molecule has 0 aromatic rings. The van der Waals surface area contributed by atoms with Crippen LogP contribution in [-0.2, 0) is 4.74 Å². The van der Waals surface area contributed by atoms with E-state index in [1.807, 2.05) is 0 Å². The third-order valence-electron chi connectivity index (χ3n) is 4.49. The Morgan fingerprint density at radius 2 is 2.00 bits per heavy atom. The van der Waals surface area contributed by atoms with E-state index >= 15 is 0 Å². The molecule has 0 radical (unpaired) electrons. The van der Waals surface area contributed by atoms with Crippen molar-refractivity contribution in [3.63, 3.8) is 0 Å². The van der Waals surface area contributed by atoms with Crippen molar-refractivity contribution in [3.8, 4) is 0 Å². The van der Waals surface area contributed by atoms with E-state index < -0.39 is 0 Å². The highest BCUT2D eigenvalue weighted by atomic mass is 16.5. The van der Waals surface area contributed by atoms with Gasteiger partial charge < -0.3 is 9.64 Å². The van der Waals surface area contributed by atoms with E-state index in [-0.39, 0.29) is 0 Å². The zero-order valence-corrected chi connectivity index (χ0v) is 9.44. The van der Waals surface area contributed by atoms with Crippen molar-refractivity contribution in [1.82, 2.24) is 4.90 Å². The molecular formula is C12H21NO. The van der Waals surface area contributed by atoms with Gasteiger partial charge in [-0.3, -0.25) is 0 Å². The highest BCUT2D eigenvalue weighted by Crippen LogP contribution is 2.55. The number of rotatable bonds is 2. The standard InChI is InChI=1S/C12H21NO/c1-7(2)14-12-8-4-9-6-13(3)11(12)10(9)5-8/h7-12H,4-6H2,1-3H3/t8?,9?,10-,11+,12-/m0/s1. The fraction of sp³-hybridized carbons (Fsp3) is 1.00. The molecular weight excluding hydrogens is 174 g/mol. The number of ether oxygens (including phenoxy) is 1. The van der Waals surface area contributed by atoms with Crippen molar-refractivity contribution in [1.29, 1.82) is 0 Å². The van der Waals surface area contributed by atoms with Crippen LogP contribution in [0.25, 0.3) is 0 Å². The third kappa shape index (κ3) is 1.10. The molecule has 0 amide bonds. The Balaban J connectivity index is 1.81. The molecule has 80 valence electrons. The number of fused-ring (bicyclic) bond motifs is 1. The fourth-order valence-corrected chi connectivity index (χ4v) is 4.20. The van der Waals surface area contributed by atoms with Gasteiger partial charge in [-0.2, -0.15) is 0 Å². The Hall–Kier alpha value is -0.0800. The molecule has 5 atom stereocenters. The second-order valence-corrected chi connectivity index (χ2v) is 5.74. The van der Waals surface area contributed by atoms with Crippen LogP contribution in [0.3, 0.4) is 0 Å². The van der Waals surface area contributed by atoms with Gasteiger partial charge in [0.1, 0.15) is 0 Å². The first-order chi connectivity index (χ1) is 6.66. The summed E-state index contributed by atoms with van der Waals surface area (Å²) in [5, 5.41) is 0. The first-order valence-electron chi connectivity index (χ1n) is 6.02. The second kappa shape index (κ2) is 2.96. The molecule has 0 aromatic heterocycles. The van der Waals surface area contributed by atoms with Crippen LogP contribution in [0.4, 0.5) is 0 Å². The highest BCUT2D eigenvalue weighted by molar-refractivity contribution is 5.10. The normalized spacial score (nSPS) is 51.0. The summed E-state index contributed by atoms with van der Waals surface area (Å²) >= 11 is 0. The molecule has 0 aromatic carbocycles. The number of hydrogen-bond donors (Lipinski definition) is 0. The molecule has 1 heterocycles. The Morgan fingerprint density at radius 1 is 1.21 bits per heavy atom. The largest absolute Gasteiger partial charge is 0.374 e. The van der Waals surface area contributed by atoms with E-state index in [1.165, 1.54) is 19.4 Å². The van der Waals surface area contributed by atoms with Gasteiger partial charge in [-0.15, -0.1) is 0 Å². The van der Waals surface area contributed by atoms with Gasteiger partial charge in [0.25, 0.3) is 0 Å². The molecule has 1 aliphatic heterocycles. The molecule has 3 rings (SSSR count). The molecule has 2 saturated carbocycles. The SMILES string of the molecule is CC(C)O[C@H]1C2CC3CN(C)[C@@H]1[C@H]3C2. The molecule has 0 N–H and O–H groups in total. The lowest BCUT2D eigenvalue weighted by atomic mass is 9.88. The van der Waals surface area contributed by atoms with Gasteiger partial charge in [0, 0.05) is 12.6 Å². The summed E-state index contributed by atoms with van der Waals surface area (Å²) < 4.78 is 6.10. The summed E-state index contributed by atoms with van der Waals surface area (Å²) in [6.45, 7) is 5.65. The summed E-state index contributed by atoms with van der Waals surface area (Å²) in [5.41, 5.74) is 0. The molecule has 1 saturated heterocycles. The number of likely N-dealkylation sites (N-methyl/N-ethyl adjacent to an activating group) is 1. The van der Waals surface area contributed by atoms with E-state index in [2.05, 4.69) is 25.8 Å². The van der Waals surface area contributed by atoms with Crippen LogP contribution in [0, 0.1) is 17.8 Å². The summed E-state index contributed by atoms with van der Waals surface area (Å²) in [7, 11) is 2.28. The van der Waals surface area contributed by atoms with Gasteiger partial charge in [0.2, 0.25) is 0 Å². The fourth-order valence-electron chi connectivity index (χ4n) is 4.20. The molecule has 3 aliphatic rings. The minimum atomic E-state index is 0.395. The van der Waals surface area contributed by atoms with Gasteiger partial charge >= 0.3 is 0 Å². The zero-order chi connectivity index (χ0) is 9.87. The van der Waals surface area contributed by atoms with Gasteiger partial charge in [-0.1, -0.05) is 0 Å². The molecule has 2 unspecified atom stereocenters. The smallest absolute Gasteiger partial charge is 0.0764 e. The topological polar surface area (TPSA) is 12.5 Å². The molecule has 2 aliphatic carbocycles. The predicted molar refractivity (Wildman–Crippen MR) is 56.1 cm³/mol. The van der Waals surface area contributed by atoms with Crippen LogP contribution < -0.4 is 0 Å². The van der Waals surface area contributed by atoms with Crippen molar-refractivity contribution in [3.05, 3.63) is 0 Å². The van der Waals surface area contributed by atoms with Crippen molar-refractivity contribution in [2.45, 2.75) is 44.9 Å². The predicted octanol–water partition coefficient (Wildman–Crippen LogP) is 1.75. The Morgan fingerprint density at radius 3 is 2.71 bits per heavy atom. The molecule has 2 nitrogen and oxygen atoms in total. The maximum absolute atomic E-state index is 6.10. The van der Waals surface area contributed by atoms with Crippen LogP contribution in [-0.4, -0.2) is 36.7 Å². The number of nitrogens with zero attached hydrogens (tertiary/aromatic N) is 1. The van der Waals surface area contributed by atoms with Crippen molar-refractivity contribution in [2.75, 3.05) is 13.6 Å². The van der Waals surface area contributed by atoms with Gasteiger partial charge in [0.15, 0.2) is 0 Å². The van der Waals surface area contributed by atoms with E-state index in [0.717, 1.165) is 23.8 Å². The quantitative estimate of drug-likeness (QED) is 0.665. The summed E-state index contributed by atoms with van der Waals surface area (Å²) in [4.78, 5) is 2.55. The third-order valence-corrected chi connectivity index (χ3v) is 4.49. The average Bonchev–Trinajstić information content (AvgIpc) is 2.63. The summed E-state index contributed by atoms with van der Waals surface area (Å²) in [6.07, 6.45) is 3.82. The Bertz CT molecular complexity index is 238. The minimum absolute atomic E-state index is 0.395. The van der Waals surface area contributed by atoms with Crippen LogP contribution in [0.1, 0.15) is 26.7 Å². The van der Waals surface area contributed by atoms with Crippen LogP contribution >= 0.6 is 0 Å². The van der Waals surface area contributed by atoms with Crippen LogP contribution in [0.15, 0.2) is 0 Å². The Labute approximate surface area is 86.6 Å². The molecule has 2 heteroatoms. The van der Waals surface area contributed by atoms with Gasteiger partial charge in [-0.25, -0.2) is 0 Å². The number of likely N-dealkylation sites (tertiary alicyclic amines) is 1. The van der Waals surface area contributed by atoms with E-state index in [0.29, 0.717) is 12.2 Å². The molecule has 0 spiro atoms. The zero-order valence-electron chi connectivity index (χ0n) is 9.44. The highest BCUT2D eigenvalue weighted by Gasteiger charge is 2.58. The lowest BCUT2D eigenvalue weighted by Gasteiger charge is -2.32. The first kappa shape index (κ1) is 9.17. The van der Waals surface area contributed by atoms with Gasteiger partial charge in [-0.05, 0) is 51.5 Å². The second-order valence-electron chi connectivity index (χ2n) is 5.74. The maximum Gasteiger partial charge on any atom is 0.0764 e. The van der Waals surface area contributed by atoms with E-state index in [9.17, 15) is 0 Å². The lowest BCUT2D eigenvalue weighted by Crippen LogP contribution is -2.41. The summed E-state index contributed by atoms with van der Waals surface area (Å²) in [5.74, 6) is 2.85. The maximum atomic E-state index is 6.10. The minimum Gasteiger partial charge on any atom is -0.374 e. The Kier molecular flexibility index (Phi) is 1.94. The number of hydrogen-bond acceptors (Lipinski definition) is 2. The summed E-state index contributed by atoms with van der Waals surface area (Å²) in [6, 6.07) is 0.751. The monoisotopic (exact) mass is 195 g/mol. The van der Waals surface area contributed by atoms with Crippen LogP contribution in [0.2, 0.25) is 0 Å². The molecule has 2 bridgehead atoms. The average molecular weight is 195 g/mol. The molecule has 14 heavy (non-hydrogen) atoms. The van der Waals surface area contributed by atoms with E-state index in [4.69, 9.17) is 4.74 Å². The first-order valence-corrected chi connectivity index (χ1v) is 6.02.